The van der Waals surface area contributed by atoms with Gasteiger partial charge in [-0.15, -0.1) is 0 Å². The molecule has 2 N–H and O–H groups in total. The van der Waals surface area contributed by atoms with Gasteiger partial charge in [0.2, 0.25) is 0 Å². The van der Waals surface area contributed by atoms with E-state index in [1.165, 1.54) is 12.1 Å². The number of halogens is 2. The van der Waals surface area contributed by atoms with Crippen molar-refractivity contribution >= 4 is 23.4 Å². The molecule has 1 aliphatic heterocycles. The Balaban J connectivity index is 1.23. The quantitative estimate of drug-likeness (QED) is 0.622. The van der Waals surface area contributed by atoms with Gasteiger partial charge in [-0.25, -0.2) is 4.39 Å². The summed E-state index contributed by atoms with van der Waals surface area (Å²) in [5.41, 5.74) is 1.74. The zero-order chi connectivity index (χ0) is 25.1. The number of benzene rings is 2. The van der Waals surface area contributed by atoms with E-state index >= 15 is 0 Å². The number of hydrogen-bond acceptors (Lipinski definition) is 5. The van der Waals surface area contributed by atoms with Crippen LogP contribution in [0.25, 0.3) is 0 Å². The van der Waals surface area contributed by atoms with Crippen molar-refractivity contribution in [1.82, 2.24) is 10.2 Å². The van der Waals surface area contributed by atoms with Crippen LogP contribution in [0.1, 0.15) is 49.3 Å². The minimum Gasteiger partial charge on any atom is -0.484 e. The molecule has 4 rings (SSSR count). The van der Waals surface area contributed by atoms with E-state index in [1.807, 2.05) is 19.1 Å². The number of amides is 2. The first-order chi connectivity index (χ1) is 16.7. The number of aliphatic hydroxyl groups is 1. The Kier molecular flexibility index (Phi) is 7.82. The molecule has 0 saturated heterocycles. The summed E-state index contributed by atoms with van der Waals surface area (Å²) >= 11 is 5.66. The van der Waals surface area contributed by atoms with Crippen LogP contribution in [0.4, 0.5) is 4.39 Å². The Morgan fingerprint density at radius 1 is 1.20 bits per heavy atom. The summed E-state index contributed by atoms with van der Waals surface area (Å²) in [6.07, 6.45) is 1.66. The number of fused-ring (bicyclic) bond motifs is 1. The van der Waals surface area contributed by atoms with E-state index < -0.39 is 18.0 Å². The Labute approximate surface area is 209 Å². The molecule has 1 saturated carbocycles. The maximum absolute atomic E-state index is 13.5. The number of aliphatic hydroxyl groups excluding tert-OH is 1. The molecule has 7 nitrogen and oxygen atoms in total. The number of likely N-dealkylation sites (N-methyl/N-ethyl adjacent to an activating group) is 1. The molecule has 0 bridgehead atoms. The van der Waals surface area contributed by atoms with Crippen LogP contribution in [0.5, 0.6) is 11.5 Å². The zero-order valence-electron chi connectivity index (χ0n) is 19.8. The molecule has 2 amide bonds. The second-order valence-corrected chi connectivity index (χ2v) is 9.69. The van der Waals surface area contributed by atoms with Crippen molar-refractivity contribution in [2.24, 2.45) is 0 Å². The van der Waals surface area contributed by atoms with Crippen LogP contribution in [0.3, 0.4) is 0 Å². The summed E-state index contributed by atoms with van der Waals surface area (Å²) in [6, 6.07) is 9.63. The molecule has 2 atom stereocenters. The predicted octanol–water partition coefficient (Wildman–Crippen LogP) is 3.94. The third-order valence-corrected chi connectivity index (χ3v) is 7.07. The van der Waals surface area contributed by atoms with Crippen molar-refractivity contribution < 1.29 is 28.6 Å². The lowest BCUT2D eigenvalue weighted by atomic mass is 9.90. The first kappa shape index (κ1) is 25.3. The molecule has 0 radical (unpaired) electrons. The minimum absolute atomic E-state index is 0.00391. The van der Waals surface area contributed by atoms with Crippen LogP contribution in [0.2, 0.25) is 5.02 Å². The number of rotatable bonds is 6. The van der Waals surface area contributed by atoms with Crippen molar-refractivity contribution in [3.8, 4) is 11.5 Å². The number of carbonyl (C=O) groups excluding carboxylic acids is 2. The molecule has 2 aromatic carbocycles. The molecule has 1 aliphatic carbocycles. The van der Waals surface area contributed by atoms with E-state index in [4.69, 9.17) is 21.1 Å². The van der Waals surface area contributed by atoms with Gasteiger partial charge in [-0.2, -0.15) is 0 Å². The normalized spacial score (nSPS) is 23.6. The highest BCUT2D eigenvalue weighted by molar-refractivity contribution is 6.30. The monoisotopic (exact) mass is 504 g/mol. The van der Waals surface area contributed by atoms with Crippen LogP contribution >= 0.6 is 11.6 Å². The molecule has 1 heterocycles. The van der Waals surface area contributed by atoms with Crippen LogP contribution in [-0.4, -0.2) is 53.7 Å². The van der Waals surface area contributed by atoms with Gasteiger partial charge < -0.3 is 24.8 Å². The third-order valence-electron chi connectivity index (χ3n) is 6.76. The molecule has 188 valence electrons. The van der Waals surface area contributed by atoms with Crippen molar-refractivity contribution in [2.45, 2.75) is 63.3 Å². The SMILES string of the molecule is Cc1ccc2c(c1)[C@H](O)C[C@H](C(=O)NC1CCC(N(C)C(=O)COc3ccc(Cl)c(F)c3)CC1)O2. The number of nitrogens with one attached hydrogen (secondary N) is 1. The van der Waals surface area contributed by atoms with Crippen LogP contribution in [0.15, 0.2) is 36.4 Å². The summed E-state index contributed by atoms with van der Waals surface area (Å²) in [7, 11) is 1.73. The molecule has 1 fully saturated rings. The summed E-state index contributed by atoms with van der Waals surface area (Å²) in [4.78, 5) is 27.0. The highest BCUT2D eigenvalue weighted by Crippen LogP contribution is 2.35. The number of hydrogen-bond donors (Lipinski definition) is 2. The molecule has 0 unspecified atom stereocenters. The average Bonchev–Trinajstić information content (AvgIpc) is 2.85. The maximum Gasteiger partial charge on any atom is 0.261 e. The van der Waals surface area contributed by atoms with Crippen LogP contribution < -0.4 is 14.8 Å². The van der Waals surface area contributed by atoms with Gasteiger partial charge in [-0.3, -0.25) is 9.59 Å². The third kappa shape index (κ3) is 6.05. The first-order valence-electron chi connectivity index (χ1n) is 11.8. The van der Waals surface area contributed by atoms with Crippen molar-refractivity contribution in [2.75, 3.05) is 13.7 Å². The molecular formula is C26H30ClFN2O5. The summed E-state index contributed by atoms with van der Waals surface area (Å²) in [5.74, 6) is -0.245. The van der Waals surface area contributed by atoms with E-state index in [9.17, 15) is 19.1 Å². The fraction of sp³-hybridized carbons (Fsp3) is 0.462. The molecular weight excluding hydrogens is 475 g/mol. The van der Waals surface area contributed by atoms with E-state index in [1.54, 1.807) is 18.0 Å². The van der Waals surface area contributed by atoms with Gasteiger partial charge in [-0.1, -0.05) is 23.2 Å². The van der Waals surface area contributed by atoms with Gasteiger partial charge in [-0.05, 0) is 56.9 Å². The standard InChI is InChI=1S/C26H30ClFN2O5/c1-15-3-10-23-19(11-15)22(31)13-24(35-23)26(33)29-16-4-6-17(7-5-16)30(2)25(32)14-34-18-8-9-20(27)21(28)12-18/h3,8-12,16-17,22,24,31H,4-7,13-14H2,1-2H3,(H,29,33)/t16?,17?,22-,24-/m1/s1. The number of aryl methyl sites for hydroxylation is 1. The van der Waals surface area contributed by atoms with Gasteiger partial charge >= 0.3 is 0 Å². The van der Waals surface area contributed by atoms with Gasteiger partial charge in [0.1, 0.15) is 17.3 Å². The van der Waals surface area contributed by atoms with Crippen LogP contribution in [-0.2, 0) is 9.59 Å². The Morgan fingerprint density at radius 3 is 2.66 bits per heavy atom. The predicted molar refractivity (Wildman–Crippen MR) is 129 cm³/mol. The molecule has 9 heteroatoms. The largest absolute Gasteiger partial charge is 0.484 e. The smallest absolute Gasteiger partial charge is 0.261 e. The molecule has 2 aromatic rings. The molecule has 35 heavy (non-hydrogen) atoms. The number of nitrogens with zero attached hydrogens (tertiary/aromatic N) is 1. The molecule has 0 spiro atoms. The van der Waals surface area contributed by atoms with Crippen molar-refractivity contribution in [3.05, 3.63) is 58.4 Å². The average molecular weight is 505 g/mol. The van der Waals surface area contributed by atoms with E-state index in [-0.39, 0.29) is 47.7 Å². The lowest BCUT2D eigenvalue weighted by Crippen LogP contribution is -2.49. The summed E-state index contributed by atoms with van der Waals surface area (Å²) < 4.78 is 24.8. The summed E-state index contributed by atoms with van der Waals surface area (Å²) in [5, 5.41) is 13.5. The van der Waals surface area contributed by atoms with E-state index in [0.29, 0.717) is 11.3 Å². The topological polar surface area (TPSA) is 88.1 Å². The second kappa shape index (κ2) is 10.8. The fourth-order valence-electron chi connectivity index (χ4n) is 4.65. The first-order valence-corrected chi connectivity index (χ1v) is 12.2. The van der Waals surface area contributed by atoms with Gasteiger partial charge in [0.15, 0.2) is 12.7 Å². The number of ether oxygens (including phenoxy) is 2. The van der Waals surface area contributed by atoms with Crippen LogP contribution in [0, 0.1) is 12.7 Å². The van der Waals surface area contributed by atoms with E-state index in [2.05, 4.69) is 5.32 Å². The summed E-state index contributed by atoms with van der Waals surface area (Å²) in [6.45, 7) is 1.75. The lowest BCUT2D eigenvalue weighted by Gasteiger charge is -2.36. The molecule has 0 aromatic heterocycles. The van der Waals surface area contributed by atoms with Crippen molar-refractivity contribution in [3.63, 3.8) is 0 Å². The van der Waals surface area contributed by atoms with Gasteiger partial charge in [0.25, 0.3) is 11.8 Å². The highest BCUT2D eigenvalue weighted by Gasteiger charge is 2.34. The fourth-order valence-corrected chi connectivity index (χ4v) is 4.76. The lowest BCUT2D eigenvalue weighted by molar-refractivity contribution is -0.135. The van der Waals surface area contributed by atoms with E-state index in [0.717, 1.165) is 37.3 Å². The maximum atomic E-state index is 13.5. The highest BCUT2D eigenvalue weighted by atomic mass is 35.5. The second-order valence-electron chi connectivity index (χ2n) is 9.28. The Hall–Kier alpha value is -2.84. The van der Waals surface area contributed by atoms with Gasteiger partial charge in [0.05, 0.1) is 11.1 Å². The molecule has 2 aliphatic rings. The Morgan fingerprint density at radius 2 is 1.94 bits per heavy atom. The van der Waals surface area contributed by atoms with Gasteiger partial charge in [0, 0.05) is 37.2 Å². The Bertz CT molecular complexity index is 1090. The van der Waals surface area contributed by atoms with Crippen molar-refractivity contribution in [1.29, 1.82) is 0 Å². The number of carbonyl (C=O) groups is 2. The minimum atomic E-state index is -0.739. The zero-order valence-corrected chi connectivity index (χ0v) is 20.6.